The normalized spacial score (nSPS) is 14.4. The number of ether oxygens (including phenoxy) is 4. The summed E-state index contributed by atoms with van der Waals surface area (Å²) in [5.41, 5.74) is 0.661. The van der Waals surface area contributed by atoms with Crippen LogP contribution in [0.1, 0.15) is 64.1 Å². The molecule has 0 spiro atoms. The summed E-state index contributed by atoms with van der Waals surface area (Å²) in [6.07, 6.45) is 1.53. The van der Waals surface area contributed by atoms with Crippen LogP contribution in [0.4, 0.5) is 10.5 Å². The molecule has 0 aliphatic carbocycles. The fourth-order valence-electron chi connectivity index (χ4n) is 4.12. The number of rotatable bonds is 8. The first-order valence-corrected chi connectivity index (χ1v) is 14.9. The molecule has 40 heavy (non-hydrogen) atoms. The van der Waals surface area contributed by atoms with Crippen LogP contribution in [0.2, 0.25) is 0 Å². The fourth-order valence-corrected chi connectivity index (χ4v) is 6.09. The van der Waals surface area contributed by atoms with Gasteiger partial charge in [-0.05, 0) is 93.9 Å². The van der Waals surface area contributed by atoms with E-state index in [0.717, 1.165) is 35.5 Å². The van der Waals surface area contributed by atoms with Crippen molar-refractivity contribution in [1.29, 1.82) is 0 Å². The van der Waals surface area contributed by atoms with E-state index in [-0.39, 0.29) is 23.3 Å². The van der Waals surface area contributed by atoms with Crippen LogP contribution in [0.5, 0.6) is 5.75 Å². The van der Waals surface area contributed by atoms with Crippen molar-refractivity contribution < 1.29 is 33.3 Å². The van der Waals surface area contributed by atoms with Crippen LogP contribution in [-0.4, -0.2) is 67.5 Å². The highest BCUT2D eigenvalue weighted by atomic mass is 79.9. The lowest BCUT2D eigenvalue weighted by atomic mass is 9.97. The third-order valence-electron chi connectivity index (χ3n) is 5.92. The SMILES string of the molecule is COC(=O)c1sc(-c2cccc(NCC3CCN(C(=O)OC(C)(C)C)CC3)c2)c(Br)c1OCC(=O)OC(C)(C)C. The van der Waals surface area contributed by atoms with Crippen LogP contribution in [0.3, 0.4) is 0 Å². The van der Waals surface area contributed by atoms with Gasteiger partial charge in [0.2, 0.25) is 0 Å². The van der Waals surface area contributed by atoms with Gasteiger partial charge in [0.15, 0.2) is 17.2 Å². The lowest BCUT2D eigenvalue weighted by Crippen LogP contribution is -2.42. The van der Waals surface area contributed by atoms with Crippen LogP contribution >= 0.6 is 27.3 Å². The number of halogens is 1. The first-order chi connectivity index (χ1) is 18.7. The average Bonchev–Trinajstić information content (AvgIpc) is 3.20. The zero-order chi connectivity index (χ0) is 29.7. The molecule has 11 heteroatoms. The number of benzene rings is 1. The summed E-state index contributed by atoms with van der Waals surface area (Å²) >= 11 is 4.79. The van der Waals surface area contributed by atoms with E-state index in [1.54, 1.807) is 25.7 Å². The van der Waals surface area contributed by atoms with Crippen molar-refractivity contribution >= 4 is 51.0 Å². The molecule has 1 saturated heterocycles. The molecular weight excluding hydrogens is 600 g/mol. The number of nitrogens with zero attached hydrogens (tertiary/aromatic N) is 1. The van der Waals surface area contributed by atoms with Crippen LogP contribution in [0, 0.1) is 5.92 Å². The molecule has 0 bridgehead atoms. The van der Waals surface area contributed by atoms with E-state index in [2.05, 4.69) is 21.2 Å². The Bertz CT molecular complexity index is 1210. The molecule has 1 amide bonds. The van der Waals surface area contributed by atoms with Crippen LogP contribution in [0.15, 0.2) is 28.7 Å². The second kappa shape index (κ2) is 13.2. The lowest BCUT2D eigenvalue weighted by molar-refractivity contribution is -0.157. The van der Waals surface area contributed by atoms with E-state index < -0.39 is 23.1 Å². The molecule has 0 saturated carbocycles. The van der Waals surface area contributed by atoms with Gasteiger partial charge in [0.25, 0.3) is 0 Å². The van der Waals surface area contributed by atoms with E-state index in [0.29, 0.717) is 23.5 Å². The van der Waals surface area contributed by atoms with Crippen molar-refractivity contribution in [2.75, 3.05) is 38.7 Å². The first-order valence-electron chi connectivity index (χ1n) is 13.2. The Morgan fingerprint density at radius 1 is 1.05 bits per heavy atom. The summed E-state index contributed by atoms with van der Waals surface area (Å²) in [4.78, 5) is 39.9. The van der Waals surface area contributed by atoms with Crippen LogP contribution in [-0.2, 0) is 19.0 Å². The molecule has 220 valence electrons. The summed E-state index contributed by atoms with van der Waals surface area (Å²) in [5, 5.41) is 3.51. The number of amides is 1. The third kappa shape index (κ3) is 9.12. The Labute approximate surface area is 248 Å². The van der Waals surface area contributed by atoms with Gasteiger partial charge in [-0.2, -0.15) is 0 Å². The highest BCUT2D eigenvalue weighted by Gasteiger charge is 2.28. The molecule has 2 aromatic rings. The van der Waals surface area contributed by atoms with Gasteiger partial charge < -0.3 is 29.2 Å². The maximum absolute atomic E-state index is 12.5. The van der Waals surface area contributed by atoms with Crippen molar-refractivity contribution in [3.63, 3.8) is 0 Å². The average molecular weight is 640 g/mol. The summed E-state index contributed by atoms with van der Waals surface area (Å²) in [6.45, 7) is 12.7. The van der Waals surface area contributed by atoms with E-state index in [1.165, 1.54) is 18.4 Å². The molecule has 1 fully saturated rings. The van der Waals surface area contributed by atoms with Crippen molar-refractivity contribution in [1.82, 2.24) is 4.90 Å². The number of hydrogen-bond acceptors (Lipinski definition) is 9. The minimum Gasteiger partial charge on any atom is -0.479 e. The van der Waals surface area contributed by atoms with E-state index in [4.69, 9.17) is 18.9 Å². The van der Waals surface area contributed by atoms with Gasteiger partial charge >= 0.3 is 18.0 Å². The Hall–Kier alpha value is -2.79. The van der Waals surface area contributed by atoms with Crippen LogP contribution in [0.25, 0.3) is 10.4 Å². The maximum atomic E-state index is 12.5. The first kappa shape index (κ1) is 31.7. The number of nitrogens with one attached hydrogen (secondary N) is 1. The molecule has 3 rings (SSSR count). The lowest BCUT2D eigenvalue weighted by Gasteiger charge is -2.33. The van der Waals surface area contributed by atoms with E-state index in [1.807, 2.05) is 45.0 Å². The minimum absolute atomic E-state index is 0.243. The van der Waals surface area contributed by atoms with Gasteiger partial charge in [-0.25, -0.2) is 14.4 Å². The number of piperidine rings is 1. The minimum atomic E-state index is -0.648. The number of methoxy groups -OCH3 is 1. The fraction of sp³-hybridized carbons (Fsp3) is 0.552. The molecule has 0 radical (unpaired) electrons. The van der Waals surface area contributed by atoms with Gasteiger partial charge in [-0.3, -0.25) is 0 Å². The largest absolute Gasteiger partial charge is 0.479 e. The zero-order valence-corrected chi connectivity index (χ0v) is 26.6. The molecule has 0 unspecified atom stereocenters. The smallest absolute Gasteiger partial charge is 0.410 e. The Kier molecular flexibility index (Phi) is 10.5. The Morgan fingerprint density at radius 2 is 1.70 bits per heavy atom. The van der Waals surface area contributed by atoms with Crippen LogP contribution < -0.4 is 10.1 Å². The molecule has 1 N–H and O–H groups in total. The molecule has 0 atom stereocenters. The quantitative estimate of drug-likeness (QED) is 0.250. The highest BCUT2D eigenvalue weighted by molar-refractivity contribution is 9.10. The van der Waals surface area contributed by atoms with Crippen molar-refractivity contribution in [2.24, 2.45) is 5.92 Å². The van der Waals surface area contributed by atoms with Gasteiger partial charge in [-0.15, -0.1) is 11.3 Å². The van der Waals surface area contributed by atoms with Crippen molar-refractivity contribution in [2.45, 2.75) is 65.6 Å². The predicted molar refractivity (Wildman–Crippen MR) is 159 cm³/mol. The molecule has 1 aliphatic heterocycles. The topological polar surface area (TPSA) is 103 Å². The molecular formula is C29H39BrN2O7S. The van der Waals surface area contributed by atoms with E-state index in [9.17, 15) is 14.4 Å². The number of esters is 2. The molecule has 1 aliphatic rings. The third-order valence-corrected chi connectivity index (χ3v) is 8.14. The second-order valence-corrected chi connectivity index (χ2v) is 13.5. The Morgan fingerprint density at radius 3 is 2.30 bits per heavy atom. The van der Waals surface area contributed by atoms with Crippen molar-refractivity contribution in [3.05, 3.63) is 33.6 Å². The van der Waals surface area contributed by atoms with E-state index >= 15 is 0 Å². The predicted octanol–water partition coefficient (Wildman–Crippen LogP) is 6.74. The number of likely N-dealkylation sites (tertiary alicyclic amines) is 1. The van der Waals surface area contributed by atoms with Gasteiger partial charge in [0.05, 0.1) is 16.5 Å². The van der Waals surface area contributed by atoms with Gasteiger partial charge in [0.1, 0.15) is 11.2 Å². The monoisotopic (exact) mass is 638 g/mol. The summed E-state index contributed by atoms with van der Waals surface area (Å²) in [6, 6.07) is 7.88. The zero-order valence-electron chi connectivity index (χ0n) is 24.2. The molecule has 1 aromatic heterocycles. The standard InChI is InChI=1S/C29H39BrN2O7S/c1-28(2,3)38-21(33)17-37-23-22(30)24(40-25(23)26(34)36-7)19-9-8-10-20(15-19)31-16-18-11-13-32(14-12-18)27(35)39-29(4,5)6/h8-10,15,18,31H,11-14,16-17H2,1-7H3. The number of anilines is 1. The molecule has 9 nitrogen and oxygen atoms in total. The maximum Gasteiger partial charge on any atom is 0.410 e. The number of hydrogen-bond donors (Lipinski definition) is 1. The number of thiophene rings is 1. The molecule has 1 aromatic carbocycles. The van der Waals surface area contributed by atoms with Gasteiger partial charge in [-0.1, -0.05) is 12.1 Å². The number of carbonyl (C=O) groups is 3. The number of carbonyl (C=O) groups excluding carboxylic acids is 3. The van der Waals surface area contributed by atoms with Gasteiger partial charge in [0, 0.05) is 25.3 Å². The Balaban J connectivity index is 1.67. The van der Waals surface area contributed by atoms with Crippen molar-refractivity contribution in [3.8, 4) is 16.2 Å². The molecule has 2 heterocycles. The highest BCUT2D eigenvalue weighted by Crippen LogP contribution is 2.46. The summed E-state index contributed by atoms with van der Waals surface area (Å²) in [7, 11) is 1.30. The summed E-state index contributed by atoms with van der Waals surface area (Å²) in [5.74, 6) is -0.420. The summed E-state index contributed by atoms with van der Waals surface area (Å²) < 4.78 is 22.1. The second-order valence-electron chi connectivity index (χ2n) is 11.6.